The summed E-state index contributed by atoms with van der Waals surface area (Å²) < 4.78 is 0. The maximum absolute atomic E-state index is 12.3. The van der Waals surface area contributed by atoms with Crippen LogP contribution in [0.2, 0.25) is 0 Å². The van der Waals surface area contributed by atoms with Crippen molar-refractivity contribution in [2.24, 2.45) is 5.92 Å². The van der Waals surface area contributed by atoms with Gasteiger partial charge in [-0.2, -0.15) is 0 Å². The van der Waals surface area contributed by atoms with Crippen molar-refractivity contribution in [3.8, 4) is 0 Å². The topological polar surface area (TPSA) is 48.5 Å². The van der Waals surface area contributed by atoms with Crippen LogP contribution >= 0.6 is 0 Å². The van der Waals surface area contributed by atoms with Crippen LogP contribution < -0.4 is 10.2 Å². The second kappa shape index (κ2) is 6.99. The van der Waals surface area contributed by atoms with Crippen molar-refractivity contribution in [2.45, 2.75) is 40.7 Å². The Morgan fingerprint density at radius 2 is 1.64 bits per heavy atom. The fourth-order valence-corrected chi connectivity index (χ4v) is 2.62. The third-order valence-corrected chi connectivity index (χ3v) is 4.35. The molecule has 1 atom stereocenters. The number of aryl methyl sites for hydroxylation is 2. The smallest absolute Gasteiger partial charge is 0.317 e. The van der Waals surface area contributed by atoms with Crippen LogP contribution in [0.25, 0.3) is 0 Å². The monoisotopic (exact) mass is 304 g/mol. The van der Waals surface area contributed by atoms with Crippen LogP contribution in [0.4, 0.5) is 10.5 Å². The summed E-state index contributed by atoms with van der Waals surface area (Å²) in [5, 5.41) is 3.08. The molecule has 22 heavy (non-hydrogen) atoms. The number of carbonyl (C=O) groups excluding carboxylic acids is 1. The van der Waals surface area contributed by atoms with Crippen molar-refractivity contribution in [3.05, 3.63) is 23.5 Å². The average Bonchev–Trinajstić information content (AvgIpc) is 2.46. The van der Waals surface area contributed by atoms with Crippen LogP contribution in [0.3, 0.4) is 0 Å². The van der Waals surface area contributed by atoms with Crippen LogP contribution in [-0.2, 0) is 0 Å². The maximum atomic E-state index is 12.3. The van der Waals surface area contributed by atoms with Crippen molar-refractivity contribution < 1.29 is 4.79 Å². The molecule has 0 saturated carbocycles. The molecule has 1 aromatic rings. The van der Waals surface area contributed by atoms with Gasteiger partial charge in [-0.15, -0.1) is 0 Å². The van der Waals surface area contributed by atoms with Gasteiger partial charge in [-0.05, 0) is 38.8 Å². The highest BCUT2D eigenvalue weighted by Gasteiger charge is 2.23. The Labute approximate surface area is 133 Å². The number of carbonyl (C=O) groups is 1. The van der Waals surface area contributed by atoms with E-state index in [4.69, 9.17) is 0 Å². The number of aromatic nitrogens is 1. The number of pyridine rings is 1. The Morgan fingerprint density at radius 1 is 1.09 bits per heavy atom. The van der Waals surface area contributed by atoms with Crippen LogP contribution in [-0.4, -0.2) is 48.1 Å². The Kier molecular flexibility index (Phi) is 5.27. The molecule has 2 amide bonds. The highest BCUT2D eigenvalue weighted by Crippen LogP contribution is 2.18. The lowest BCUT2D eigenvalue weighted by Crippen LogP contribution is -2.53. The van der Waals surface area contributed by atoms with E-state index in [1.165, 1.54) is 5.69 Å². The van der Waals surface area contributed by atoms with Gasteiger partial charge in [-0.3, -0.25) is 4.98 Å². The number of urea groups is 1. The second-order valence-electron chi connectivity index (χ2n) is 6.56. The molecule has 0 bridgehead atoms. The molecule has 0 aliphatic carbocycles. The molecule has 0 spiro atoms. The molecule has 2 heterocycles. The third kappa shape index (κ3) is 4.12. The first-order valence-corrected chi connectivity index (χ1v) is 8.12. The zero-order valence-electron chi connectivity index (χ0n) is 14.4. The van der Waals surface area contributed by atoms with E-state index in [1.54, 1.807) is 0 Å². The molecular formula is C17H28N4O. The molecule has 1 aliphatic heterocycles. The molecule has 1 N–H and O–H groups in total. The summed E-state index contributed by atoms with van der Waals surface area (Å²) in [7, 11) is 0. The van der Waals surface area contributed by atoms with Crippen molar-refractivity contribution in [1.82, 2.24) is 15.2 Å². The van der Waals surface area contributed by atoms with Gasteiger partial charge in [-0.25, -0.2) is 4.79 Å². The largest absolute Gasteiger partial charge is 0.368 e. The minimum atomic E-state index is 0.0583. The molecule has 122 valence electrons. The molecular weight excluding hydrogens is 276 g/mol. The van der Waals surface area contributed by atoms with Gasteiger partial charge in [0.25, 0.3) is 0 Å². The number of hydrogen-bond acceptors (Lipinski definition) is 3. The number of hydrogen-bond donors (Lipinski definition) is 1. The van der Waals surface area contributed by atoms with Gasteiger partial charge < -0.3 is 15.1 Å². The Morgan fingerprint density at radius 3 is 2.14 bits per heavy atom. The predicted octanol–water partition coefficient (Wildman–Crippen LogP) is 2.57. The minimum absolute atomic E-state index is 0.0583. The Hall–Kier alpha value is -1.78. The molecule has 0 radical (unpaired) electrons. The summed E-state index contributed by atoms with van der Waals surface area (Å²) in [6.07, 6.45) is 0. The number of amides is 2. The van der Waals surface area contributed by atoms with Crippen LogP contribution in [0.15, 0.2) is 12.1 Å². The van der Waals surface area contributed by atoms with Crippen LogP contribution in [0.1, 0.15) is 32.2 Å². The van der Waals surface area contributed by atoms with E-state index >= 15 is 0 Å². The van der Waals surface area contributed by atoms with Gasteiger partial charge in [0.05, 0.1) is 0 Å². The number of anilines is 1. The standard InChI is InChI=1S/C17H28N4O/c1-12(2)15(5)19-17(22)21-8-6-20(7-9-21)16-10-13(3)18-14(4)11-16/h10-12,15H,6-9H2,1-5H3,(H,19,22)/t15-/m1/s1. The molecule has 1 aromatic heterocycles. The van der Waals surface area contributed by atoms with Gasteiger partial charge in [0.15, 0.2) is 0 Å². The summed E-state index contributed by atoms with van der Waals surface area (Å²) in [6, 6.07) is 4.49. The lowest BCUT2D eigenvalue weighted by Gasteiger charge is -2.37. The summed E-state index contributed by atoms with van der Waals surface area (Å²) in [5.74, 6) is 0.452. The lowest BCUT2D eigenvalue weighted by molar-refractivity contribution is 0.188. The first-order valence-electron chi connectivity index (χ1n) is 8.12. The van der Waals surface area contributed by atoms with E-state index in [0.29, 0.717) is 5.92 Å². The normalized spacial score (nSPS) is 16.8. The van der Waals surface area contributed by atoms with E-state index in [1.807, 2.05) is 18.7 Å². The van der Waals surface area contributed by atoms with E-state index in [0.717, 1.165) is 37.6 Å². The summed E-state index contributed by atoms with van der Waals surface area (Å²) in [4.78, 5) is 20.9. The fraction of sp³-hybridized carbons (Fsp3) is 0.647. The van der Waals surface area contributed by atoms with Gasteiger partial charge >= 0.3 is 6.03 Å². The maximum Gasteiger partial charge on any atom is 0.317 e. The number of rotatable bonds is 3. The Balaban J connectivity index is 1.91. The predicted molar refractivity (Wildman–Crippen MR) is 90.3 cm³/mol. The van der Waals surface area contributed by atoms with Gasteiger partial charge in [0, 0.05) is 49.3 Å². The fourth-order valence-electron chi connectivity index (χ4n) is 2.62. The first kappa shape index (κ1) is 16.6. The molecule has 0 aromatic carbocycles. The van der Waals surface area contributed by atoms with E-state index in [9.17, 15) is 4.79 Å². The summed E-state index contributed by atoms with van der Waals surface area (Å²) in [5.41, 5.74) is 3.29. The zero-order valence-corrected chi connectivity index (χ0v) is 14.4. The highest BCUT2D eigenvalue weighted by molar-refractivity contribution is 5.75. The Bertz CT molecular complexity index is 501. The van der Waals surface area contributed by atoms with Crippen molar-refractivity contribution in [1.29, 1.82) is 0 Å². The molecule has 2 rings (SSSR count). The molecule has 1 saturated heterocycles. The number of piperazine rings is 1. The van der Waals surface area contributed by atoms with Crippen molar-refractivity contribution in [2.75, 3.05) is 31.1 Å². The quantitative estimate of drug-likeness (QED) is 0.933. The number of nitrogens with one attached hydrogen (secondary N) is 1. The van der Waals surface area contributed by atoms with E-state index in [2.05, 4.69) is 48.1 Å². The lowest BCUT2D eigenvalue weighted by atomic mass is 10.1. The third-order valence-electron chi connectivity index (χ3n) is 4.35. The minimum Gasteiger partial charge on any atom is -0.368 e. The van der Waals surface area contributed by atoms with Crippen LogP contribution in [0, 0.1) is 19.8 Å². The first-order chi connectivity index (χ1) is 10.4. The molecule has 5 nitrogen and oxygen atoms in total. The summed E-state index contributed by atoms with van der Waals surface area (Å²) >= 11 is 0. The molecule has 5 heteroatoms. The zero-order chi connectivity index (χ0) is 16.3. The SMILES string of the molecule is Cc1cc(N2CCN(C(=O)N[C@H](C)C(C)C)CC2)cc(C)n1. The van der Waals surface area contributed by atoms with E-state index < -0.39 is 0 Å². The van der Waals surface area contributed by atoms with Crippen molar-refractivity contribution in [3.63, 3.8) is 0 Å². The molecule has 0 unspecified atom stereocenters. The second-order valence-corrected chi connectivity index (χ2v) is 6.56. The molecule has 1 fully saturated rings. The molecule has 1 aliphatic rings. The highest BCUT2D eigenvalue weighted by atomic mass is 16.2. The van der Waals surface area contributed by atoms with Crippen LogP contribution in [0.5, 0.6) is 0 Å². The van der Waals surface area contributed by atoms with Crippen molar-refractivity contribution >= 4 is 11.7 Å². The van der Waals surface area contributed by atoms with E-state index in [-0.39, 0.29) is 12.1 Å². The summed E-state index contributed by atoms with van der Waals surface area (Å²) in [6.45, 7) is 13.6. The van der Waals surface area contributed by atoms with Gasteiger partial charge in [-0.1, -0.05) is 13.8 Å². The van der Waals surface area contributed by atoms with Gasteiger partial charge in [0.1, 0.15) is 0 Å². The average molecular weight is 304 g/mol. The number of nitrogens with zero attached hydrogens (tertiary/aromatic N) is 3. The van der Waals surface area contributed by atoms with Gasteiger partial charge in [0.2, 0.25) is 0 Å².